The van der Waals surface area contributed by atoms with Crippen molar-refractivity contribution in [2.45, 2.75) is 32.6 Å². The van der Waals surface area contributed by atoms with Gasteiger partial charge in [0.05, 0.1) is 0 Å². The molecule has 0 heterocycles. The number of carboxylic acid groups (broad SMARTS) is 1. The van der Waals surface area contributed by atoms with E-state index in [1.165, 1.54) is 0 Å². The van der Waals surface area contributed by atoms with E-state index in [-0.39, 0.29) is 12.3 Å². The van der Waals surface area contributed by atoms with Crippen LogP contribution in [0.25, 0.3) is 0 Å². The van der Waals surface area contributed by atoms with Crippen LogP contribution in [-0.2, 0) is 9.59 Å². The summed E-state index contributed by atoms with van der Waals surface area (Å²) in [6, 6.07) is 5.82. The molecule has 18 heavy (non-hydrogen) atoms. The Bertz CT molecular complexity index is 446. The lowest BCUT2D eigenvalue weighted by Crippen LogP contribution is -2.12. The predicted octanol–water partition coefficient (Wildman–Crippen LogP) is 3.18. The van der Waals surface area contributed by atoms with E-state index in [4.69, 9.17) is 5.11 Å². The number of carbonyl (C=O) groups is 2. The highest BCUT2D eigenvalue weighted by atomic mass is 127. The molecule has 0 radical (unpaired) electrons. The number of unbranched alkanes of at least 4 members (excludes halogenated alkanes) is 1. The van der Waals surface area contributed by atoms with Gasteiger partial charge in [0, 0.05) is 22.1 Å². The largest absolute Gasteiger partial charge is 0.481 e. The van der Waals surface area contributed by atoms with Gasteiger partial charge >= 0.3 is 5.97 Å². The van der Waals surface area contributed by atoms with Crippen LogP contribution in [-0.4, -0.2) is 17.0 Å². The number of amides is 1. The number of carboxylic acids is 1. The van der Waals surface area contributed by atoms with Gasteiger partial charge in [0.25, 0.3) is 0 Å². The minimum absolute atomic E-state index is 0.0651. The third-order valence-electron chi connectivity index (χ3n) is 2.51. The number of nitrogens with one attached hydrogen (secondary N) is 1. The number of aryl methyl sites for hydroxylation is 1. The van der Waals surface area contributed by atoms with Crippen LogP contribution >= 0.6 is 22.6 Å². The molecule has 0 aliphatic rings. The summed E-state index contributed by atoms with van der Waals surface area (Å²) in [4.78, 5) is 21.9. The molecule has 5 heteroatoms. The molecule has 0 aromatic heterocycles. The van der Waals surface area contributed by atoms with Gasteiger partial charge in [-0.3, -0.25) is 9.59 Å². The molecule has 0 fully saturated rings. The Morgan fingerprint density at radius 2 is 1.94 bits per heavy atom. The Morgan fingerprint density at radius 1 is 1.28 bits per heavy atom. The minimum Gasteiger partial charge on any atom is -0.481 e. The molecule has 0 unspecified atom stereocenters. The Balaban J connectivity index is 2.38. The summed E-state index contributed by atoms with van der Waals surface area (Å²) < 4.78 is 1.13. The molecule has 1 rings (SSSR count). The Morgan fingerprint density at radius 3 is 2.56 bits per heavy atom. The monoisotopic (exact) mass is 361 g/mol. The number of hydrogen-bond donors (Lipinski definition) is 2. The third kappa shape index (κ3) is 5.48. The molecular weight excluding hydrogens is 345 g/mol. The van der Waals surface area contributed by atoms with Gasteiger partial charge in [-0.25, -0.2) is 0 Å². The van der Waals surface area contributed by atoms with Crippen molar-refractivity contribution in [2.24, 2.45) is 0 Å². The zero-order valence-electron chi connectivity index (χ0n) is 10.2. The van der Waals surface area contributed by atoms with Crippen LogP contribution < -0.4 is 5.32 Å². The number of aliphatic carboxylic acids is 1. The molecule has 0 bridgehead atoms. The molecule has 1 aromatic carbocycles. The summed E-state index contributed by atoms with van der Waals surface area (Å²) in [5.41, 5.74) is 1.85. The van der Waals surface area contributed by atoms with Crippen molar-refractivity contribution in [1.82, 2.24) is 0 Å². The molecule has 1 amide bonds. The van der Waals surface area contributed by atoms with Gasteiger partial charge in [-0.1, -0.05) is 0 Å². The fourth-order valence-electron chi connectivity index (χ4n) is 1.54. The summed E-state index contributed by atoms with van der Waals surface area (Å²) in [5.74, 6) is -0.881. The maximum Gasteiger partial charge on any atom is 0.303 e. The number of halogens is 1. The fraction of sp³-hybridized carbons (Fsp3) is 0.385. The van der Waals surface area contributed by atoms with Crippen LogP contribution in [0.3, 0.4) is 0 Å². The van der Waals surface area contributed by atoms with Crippen molar-refractivity contribution < 1.29 is 14.7 Å². The highest BCUT2D eigenvalue weighted by Gasteiger charge is 2.05. The lowest BCUT2D eigenvalue weighted by atomic mass is 10.1. The van der Waals surface area contributed by atoms with E-state index in [0.29, 0.717) is 19.3 Å². The topological polar surface area (TPSA) is 66.4 Å². The van der Waals surface area contributed by atoms with Crippen molar-refractivity contribution in [2.75, 3.05) is 5.32 Å². The molecule has 1 aromatic rings. The predicted molar refractivity (Wildman–Crippen MR) is 78.6 cm³/mol. The summed E-state index contributed by atoms with van der Waals surface area (Å²) in [5, 5.41) is 11.3. The number of hydrogen-bond acceptors (Lipinski definition) is 2. The zero-order valence-corrected chi connectivity index (χ0v) is 12.4. The normalized spacial score (nSPS) is 10.1. The maximum absolute atomic E-state index is 11.6. The van der Waals surface area contributed by atoms with Crippen LogP contribution in [0.5, 0.6) is 0 Å². The molecular formula is C13H16INO3. The van der Waals surface area contributed by atoms with E-state index >= 15 is 0 Å². The number of carbonyl (C=O) groups excluding carboxylic acids is 1. The van der Waals surface area contributed by atoms with Gasteiger partial charge in [0.15, 0.2) is 0 Å². The maximum atomic E-state index is 11.6. The minimum atomic E-state index is -0.816. The lowest BCUT2D eigenvalue weighted by molar-refractivity contribution is -0.137. The van der Waals surface area contributed by atoms with E-state index in [0.717, 1.165) is 14.8 Å². The van der Waals surface area contributed by atoms with Crippen molar-refractivity contribution in [3.63, 3.8) is 0 Å². The standard InChI is InChI=1S/C13H16INO3/c1-9-8-10(14)6-7-11(9)15-12(16)4-2-3-5-13(17)18/h6-8H,2-5H2,1H3,(H,15,16)(H,17,18). The van der Waals surface area contributed by atoms with Gasteiger partial charge in [-0.05, 0) is 66.1 Å². The van der Waals surface area contributed by atoms with E-state index in [1.807, 2.05) is 25.1 Å². The first-order chi connectivity index (χ1) is 8.49. The molecule has 0 aliphatic carbocycles. The first-order valence-corrected chi connectivity index (χ1v) is 6.84. The number of anilines is 1. The van der Waals surface area contributed by atoms with Gasteiger partial charge in [0.1, 0.15) is 0 Å². The second-order valence-electron chi connectivity index (χ2n) is 4.11. The van der Waals surface area contributed by atoms with Crippen molar-refractivity contribution in [3.05, 3.63) is 27.3 Å². The average molecular weight is 361 g/mol. The second kappa shape index (κ2) is 7.35. The third-order valence-corrected chi connectivity index (χ3v) is 3.18. The van der Waals surface area contributed by atoms with Crippen LogP contribution in [0.2, 0.25) is 0 Å². The highest BCUT2D eigenvalue weighted by molar-refractivity contribution is 14.1. The molecule has 2 N–H and O–H groups in total. The quantitative estimate of drug-likeness (QED) is 0.604. The Hall–Kier alpha value is -1.11. The summed E-state index contributed by atoms with van der Waals surface area (Å²) >= 11 is 2.22. The Labute approximate surface area is 120 Å². The smallest absolute Gasteiger partial charge is 0.303 e. The highest BCUT2D eigenvalue weighted by Crippen LogP contribution is 2.18. The summed E-state index contributed by atoms with van der Waals surface area (Å²) in [6.07, 6.45) is 1.62. The SMILES string of the molecule is Cc1cc(I)ccc1NC(=O)CCCCC(=O)O. The molecule has 98 valence electrons. The van der Waals surface area contributed by atoms with Crippen molar-refractivity contribution in [3.8, 4) is 0 Å². The van der Waals surface area contributed by atoms with Crippen LogP contribution in [0, 0.1) is 10.5 Å². The summed E-state index contributed by atoms with van der Waals surface area (Å²) in [6.45, 7) is 1.95. The molecule has 0 atom stereocenters. The van der Waals surface area contributed by atoms with Gasteiger partial charge in [-0.15, -0.1) is 0 Å². The zero-order chi connectivity index (χ0) is 13.5. The van der Waals surface area contributed by atoms with Gasteiger partial charge in [0.2, 0.25) is 5.91 Å². The average Bonchev–Trinajstić information content (AvgIpc) is 2.28. The van der Waals surface area contributed by atoms with E-state index < -0.39 is 5.97 Å². The first kappa shape index (κ1) is 14.9. The van der Waals surface area contributed by atoms with Crippen LogP contribution in [0.4, 0.5) is 5.69 Å². The fourth-order valence-corrected chi connectivity index (χ4v) is 2.19. The van der Waals surface area contributed by atoms with Gasteiger partial charge < -0.3 is 10.4 Å². The van der Waals surface area contributed by atoms with Crippen molar-refractivity contribution >= 4 is 40.2 Å². The van der Waals surface area contributed by atoms with Gasteiger partial charge in [-0.2, -0.15) is 0 Å². The molecule has 0 spiro atoms. The van der Waals surface area contributed by atoms with E-state index in [2.05, 4.69) is 27.9 Å². The lowest BCUT2D eigenvalue weighted by Gasteiger charge is -2.08. The molecule has 4 nitrogen and oxygen atoms in total. The van der Waals surface area contributed by atoms with E-state index in [1.54, 1.807) is 0 Å². The van der Waals surface area contributed by atoms with E-state index in [9.17, 15) is 9.59 Å². The second-order valence-corrected chi connectivity index (χ2v) is 5.35. The first-order valence-electron chi connectivity index (χ1n) is 5.77. The number of benzene rings is 1. The molecule has 0 aliphatic heterocycles. The number of rotatable bonds is 6. The van der Waals surface area contributed by atoms with Crippen LogP contribution in [0.1, 0.15) is 31.2 Å². The Kier molecular flexibility index (Phi) is 6.11. The molecule has 0 saturated carbocycles. The van der Waals surface area contributed by atoms with Crippen LogP contribution in [0.15, 0.2) is 18.2 Å². The molecule has 0 saturated heterocycles. The summed E-state index contributed by atoms with van der Waals surface area (Å²) in [7, 11) is 0. The van der Waals surface area contributed by atoms with Crippen molar-refractivity contribution in [1.29, 1.82) is 0 Å².